The predicted molar refractivity (Wildman–Crippen MR) is 150 cm³/mol. The Labute approximate surface area is 253 Å². The van der Waals surface area contributed by atoms with Crippen LogP contribution in [-0.2, 0) is 22.3 Å². The van der Waals surface area contributed by atoms with E-state index in [4.69, 9.17) is 10.4 Å². The number of anilines is 1. The summed E-state index contributed by atoms with van der Waals surface area (Å²) in [5.41, 5.74) is 0.251. The van der Waals surface area contributed by atoms with Crippen molar-refractivity contribution >= 4 is 23.5 Å². The fraction of sp³-hybridized carbons (Fsp3) is 0.233. The van der Waals surface area contributed by atoms with Crippen molar-refractivity contribution in [1.29, 1.82) is 5.26 Å². The van der Waals surface area contributed by atoms with Crippen LogP contribution in [0.25, 0.3) is 5.69 Å². The summed E-state index contributed by atoms with van der Waals surface area (Å²) in [7, 11) is 0. The van der Waals surface area contributed by atoms with Gasteiger partial charge in [0.25, 0.3) is 11.8 Å². The summed E-state index contributed by atoms with van der Waals surface area (Å²) in [6, 6.07) is 14.9. The third kappa shape index (κ3) is 6.21. The molecule has 0 fully saturated rings. The molecule has 0 saturated heterocycles. The standard InChI is InChI=1S/C30H24F4N8O3/c1-2-41-28-24(20(16-37-22(43)12-14-35)40-42(28)19-6-4-3-5-7-19)23(17-8-10-18(31)11-9-17)25(29(41)45)39-27(44)26-36-15-13-21(38-26)30(32,33)34/h3-11,13,15,23,25H,2,12,16H2,1H3,(H,37,43)(H,39,44)/t23-,25+/m1/s1. The second kappa shape index (κ2) is 12.5. The highest BCUT2D eigenvalue weighted by atomic mass is 19.4. The Balaban J connectivity index is 1.69. The van der Waals surface area contributed by atoms with E-state index in [0.29, 0.717) is 28.7 Å². The van der Waals surface area contributed by atoms with Crippen LogP contribution in [0.5, 0.6) is 0 Å². The van der Waals surface area contributed by atoms with Gasteiger partial charge in [-0.2, -0.15) is 23.5 Å². The molecule has 45 heavy (non-hydrogen) atoms. The van der Waals surface area contributed by atoms with E-state index in [9.17, 15) is 31.9 Å². The number of amides is 3. The summed E-state index contributed by atoms with van der Waals surface area (Å²) in [6.45, 7) is 1.60. The summed E-state index contributed by atoms with van der Waals surface area (Å²) in [6.07, 6.45) is -4.48. The van der Waals surface area contributed by atoms with Crippen LogP contribution >= 0.6 is 0 Å². The number of halogens is 4. The normalized spacial score (nSPS) is 16.1. The maximum atomic E-state index is 14.2. The van der Waals surface area contributed by atoms with Gasteiger partial charge in [-0.15, -0.1) is 0 Å². The molecule has 0 radical (unpaired) electrons. The summed E-state index contributed by atoms with van der Waals surface area (Å²) in [5.74, 6) is -4.47. The number of nitrogens with zero attached hydrogens (tertiary/aromatic N) is 6. The van der Waals surface area contributed by atoms with Gasteiger partial charge in [0, 0.05) is 24.2 Å². The fourth-order valence-corrected chi connectivity index (χ4v) is 5.13. The number of alkyl halides is 3. The van der Waals surface area contributed by atoms with Crippen molar-refractivity contribution in [3.63, 3.8) is 0 Å². The van der Waals surface area contributed by atoms with Gasteiger partial charge in [-0.25, -0.2) is 19.0 Å². The molecular formula is C30H24F4N8O3. The lowest BCUT2D eigenvalue weighted by molar-refractivity contribution is -0.141. The number of hydrogen-bond donors (Lipinski definition) is 2. The SMILES string of the molecule is CCN1C(=O)[C@@H](NC(=O)c2nccc(C(F)(F)F)n2)[C@H](c2ccc(F)cc2)c2c(CNC(=O)CC#N)nn(-c3ccccc3)c21. The summed E-state index contributed by atoms with van der Waals surface area (Å²) < 4.78 is 55.5. The Hall–Kier alpha value is -5.65. The number of hydrogen-bond acceptors (Lipinski definition) is 7. The smallest absolute Gasteiger partial charge is 0.349 e. The van der Waals surface area contributed by atoms with Gasteiger partial charge in [-0.05, 0) is 42.8 Å². The summed E-state index contributed by atoms with van der Waals surface area (Å²) in [4.78, 5) is 48.1. The molecule has 1 aliphatic heterocycles. The molecule has 3 amide bonds. The van der Waals surface area contributed by atoms with E-state index < -0.39 is 59.6 Å². The maximum Gasteiger partial charge on any atom is 0.433 e. The van der Waals surface area contributed by atoms with Crippen molar-refractivity contribution in [2.45, 2.75) is 38.0 Å². The first kappa shape index (κ1) is 30.8. The van der Waals surface area contributed by atoms with Crippen molar-refractivity contribution in [3.05, 3.63) is 101 Å². The van der Waals surface area contributed by atoms with E-state index in [1.54, 1.807) is 43.3 Å². The number of fused-ring (bicyclic) bond motifs is 1. The minimum Gasteiger partial charge on any atom is -0.349 e. The van der Waals surface area contributed by atoms with Gasteiger partial charge < -0.3 is 10.6 Å². The van der Waals surface area contributed by atoms with Crippen LogP contribution in [0.15, 0.2) is 66.9 Å². The van der Waals surface area contributed by atoms with Gasteiger partial charge in [0.1, 0.15) is 29.8 Å². The van der Waals surface area contributed by atoms with Gasteiger partial charge in [0.05, 0.1) is 24.0 Å². The van der Waals surface area contributed by atoms with Crippen molar-refractivity contribution in [2.75, 3.05) is 11.4 Å². The van der Waals surface area contributed by atoms with Crippen molar-refractivity contribution in [2.24, 2.45) is 0 Å². The van der Waals surface area contributed by atoms with Crippen molar-refractivity contribution in [3.8, 4) is 11.8 Å². The van der Waals surface area contributed by atoms with Gasteiger partial charge in [0.15, 0.2) is 0 Å². The van der Waals surface area contributed by atoms with E-state index >= 15 is 0 Å². The first-order valence-electron chi connectivity index (χ1n) is 13.6. The summed E-state index contributed by atoms with van der Waals surface area (Å²) in [5, 5.41) is 18.8. The fourth-order valence-electron chi connectivity index (χ4n) is 5.13. The number of carbonyl (C=O) groups excluding carboxylic acids is 3. The number of rotatable bonds is 8. The third-order valence-electron chi connectivity index (χ3n) is 7.08. The highest BCUT2D eigenvalue weighted by Crippen LogP contribution is 2.43. The minimum absolute atomic E-state index is 0.0904. The molecule has 11 nitrogen and oxygen atoms in total. The molecule has 15 heteroatoms. The largest absolute Gasteiger partial charge is 0.433 e. The Kier molecular flexibility index (Phi) is 8.57. The molecule has 0 spiro atoms. The molecule has 1 aliphatic rings. The molecule has 3 heterocycles. The molecule has 2 N–H and O–H groups in total. The van der Waals surface area contributed by atoms with Gasteiger partial charge in [0.2, 0.25) is 11.7 Å². The number of para-hydroxylation sites is 1. The lowest BCUT2D eigenvalue weighted by Crippen LogP contribution is -2.55. The molecule has 0 unspecified atom stereocenters. The molecule has 4 aromatic rings. The Morgan fingerprint density at radius 1 is 1.07 bits per heavy atom. The minimum atomic E-state index is -4.85. The molecule has 2 aromatic carbocycles. The zero-order valence-electron chi connectivity index (χ0n) is 23.5. The maximum absolute atomic E-state index is 14.2. The first-order chi connectivity index (χ1) is 21.5. The van der Waals surface area contributed by atoms with E-state index in [0.717, 1.165) is 18.3 Å². The molecular weight excluding hydrogens is 596 g/mol. The average molecular weight is 621 g/mol. The number of nitrogens with one attached hydrogen (secondary N) is 2. The second-order valence-corrected chi connectivity index (χ2v) is 9.87. The number of aromatic nitrogens is 4. The number of carbonyl (C=O) groups is 3. The van der Waals surface area contributed by atoms with Crippen LogP contribution < -0.4 is 15.5 Å². The zero-order valence-corrected chi connectivity index (χ0v) is 23.5. The van der Waals surface area contributed by atoms with Crippen molar-refractivity contribution < 1.29 is 31.9 Å². The molecule has 0 aliphatic carbocycles. The number of benzene rings is 2. The van der Waals surface area contributed by atoms with Gasteiger partial charge >= 0.3 is 6.18 Å². The van der Waals surface area contributed by atoms with Crippen molar-refractivity contribution in [1.82, 2.24) is 30.4 Å². The Morgan fingerprint density at radius 2 is 1.78 bits per heavy atom. The van der Waals surface area contributed by atoms with Crippen LogP contribution in [0.2, 0.25) is 0 Å². The van der Waals surface area contributed by atoms with Crippen LogP contribution in [0.4, 0.5) is 23.4 Å². The number of nitriles is 1. The molecule has 5 rings (SSSR count). The molecule has 0 saturated carbocycles. The zero-order chi connectivity index (χ0) is 32.3. The highest BCUT2D eigenvalue weighted by Gasteiger charge is 2.46. The monoisotopic (exact) mass is 620 g/mol. The first-order valence-corrected chi connectivity index (χ1v) is 13.6. The highest BCUT2D eigenvalue weighted by molar-refractivity contribution is 6.04. The molecule has 2 aromatic heterocycles. The Bertz CT molecular complexity index is 1790. The lowest BCUT2D eigenvalue weighted by Gasteiger charge is -2.38. The van der Waals surface area contributed by atoms with Crippen LogP contribution in [0, 0.1) is 17.1 Å². The molecule has 2 atom stereocenters. The van der Waals surface area contributed by atoms with Crippen LogP contribution in [0.1, 0.15) is 52.4 Å². The Morgan fingerprint density at radius 3 is 2.42 bits per heavy atom. The van der Waals surface area contributed by atoms with Gasteiger partial charge in [-0.3, -0.25) is 19.3 Å². The van der Waals surface area contributed by atoms with Crippen LogP contribution in [-0.4, -0.2) is 50.1 Å². The lowest BCUT2D eigenvalue weighted by atomic mass is 9.81. The molecule has 230 valence electrons. The molecule has 0 bridgehead atoms. The average Bonchev–Trinajstić information content (AvgIpc) is 3.40. The topological polar surface area (TPSA) is 146 Å². The third-order valence-corrected chi connectivity index (χ3v) is 7.08. The van der Waals surface area contributed by atoms with Gasteiger partial charge in [-0.1, -0.05) is 30.3 Å². The van der Waals surface area contributed by atoms with E-state index in [1.807, 2.05) is 0 Å². The van der Waals surface area contributed by atoms with E-state index in [2.05, 4.69) is 20.6 Å². The quantitative estimate of drug-likeness (QED) is 0.286. The summed E-state index contributed by atoms with van der Waals surface area (Å²) >= 11 is 0. The second-order valence-electron chi connectivity index (χ2n) is 9.87. The van der Waals surface area contributed by atoms with E-state index in [1.165, 1.54) is 21.7 Å². The number of likely N-dealkylation sites (N-methyl/N-ethyl adjacent to an activating group) is 1. The van der Waals surface area contributed by atoms with Crippen LogP contribution in [0.3, 0.4) is 0 Å². The van der Waals surface area contributed by atoms with E-state index in [-0.39, 0.29) is 18.8 Å². The predicted octanol–water partition coefficient (Wildman–Crippen LogP) is 3.65.